The molecule has 0 spiro atoms. The summed E-state index contributed by atoms with van der Waals surface area (Å²) in [5.41, 5.74) is 2.01. The highest BCUT2D eigenvalue weighted by Gasteiger charge is 2.37. The third kappa shape index (κ3) is 18.3. The molecule has 0 saturated carbocycles. The van der Waals surface area contributed by atoms with E-state index in [0.29, 0.717) is 12.0 Å². The van der Waals surface area contributed by atoms with Gasteiger partial charge in [0.25, 0.3) is 5.91 Å². The van der Waals surface area contributed by atoms with Gasteiger partial charge in [0.1, 0.15) is 35.9 Å². The smallest absolute Gasteiger partial charge is 0.327 e. The normalized spacial score (nSPS) is 25.4. The van der Waals surface area contributed by atoms with Gasteiger partial charge < -0.3 is 51.8 Å². The van der Waals surface area contributed by atoms with Crippen LogP contribution in [0.3, 0.4) is 0 Å². The fourth-order valence-electron chi connectivity index (χ4n) is 7.74. The highest BCUT2D eigenvalue weighted by molar-refractivity contribution is 6.00. The van der Waals surface area contributed by atoms with Crippen molar-refractivity contribution in [3.8, 4) is 0 Å². The lowest BCUT2D eigenvalue weighted by Gasteiger charge is -2.29. The number of nitrogens with zero attached hydrogens (tertiary/aromatic N) is 1. The monoisotopic (exact) mass is 986 g/mol. The van der Waals surface area contributed by atoms with Gasteiger partial charge in [-0.15, -0.1) is 0 Å². The Labute approximate surface area is 415 Å². The van der Waals surface area contributed by atoms with E-state index in [1.165, 1.54) is 27.8 Å². The summed E-state index contributed by atoms with van der Waals surface area (Å²) in [7, 11) is 2.85. The van der Waals surface area contributed by atoms with E-state index in [4.69, 9.17) is 4.74 Å². The van der Waals surface area contributed by atoms with Gasteiger partial charge in [0.2, 0.25) is 35.4 Å². The number of hydrogen-bond donors (Lipinski definition) is 8. The van der Waals surface area contributed by atoms with Gasteiger partial charge in [-0.05, 0) is 50.2 Å². The SMILES string of the molecule is C=C1C(=O)N[C@@H](C)C(=O)N[C@@H](CC(C)C)C(=O)N[C@@H](C(=O)O)[C@H](C)C(=O)N[C@@H](Cc2ccccc2)C(=O)N[C@@H](C=CC(C)=C[C@H](C)[C@H](Cc2ccccc2)OC)[C@H](C)C(=O)N[C@@H](C(=O)O)CCC(=O)N1C. The minimum Gasteiger partial charge on any atom is -0.480 e. The van der Waals surface area contributed by atoms with Crippen molar-refractivity contribution in [2.75, 3.05) is 14.2 Å². The molecule has 2 aromatic rings. The molecule has 19 heteroatoms. The van der Waals surface area contributed by atoms with Crippen molar-refractivity contribution < 1.29 is 58.1 Å². The van der Waals surface area contributed by atoms with Crippen LogP contribution in [0.25, 0.3) is 0 Å². The molecular formula is C52H71N7O12. The second-order valence-electron chi connectivity index (χ2n) is 18.5. The van der Waals surface area contributed by atoms with Crippen molar-refractivity contribution in [3.63, 3.8) is 0 Å². The van der Waals surface area contributed by atoms with Crippen LogP contribution in [-0.4, -0.2) is 125 Å². The van der Waals surface area contributed by atoms with Crippen LogP contribution in [0.15, 0.2) is 96.7 Å². The minimum atomic E-state index is -1.86. The Morgan fingerprint density at radius 2 is 1.31 bits per heavy atom. The van der Waals surface area contributed by atoms with E-state index >= 15 is 0 Å². The Balaban J connectivity index is 2.14. The Kier molecular flexibility index (Phi) is 22.8. The highest BCUT2D eigenvalue weighted by Crippen LogP contribution is 2.19. The van der Waals surface area contributed by atoms with Crippen LogP contribution >= 0.6 is 0 Å². The molecule has 7 amide bonds. The average molecular weight is 986 g/mol. The molecule has 386 valence electrons. The number of rotatable bonds is 13. The van der Waals surface area contributed by atoms with Crippen LogP contribution in [0.2, 0.25) is 0 Å². The van der Waals surface area contributed by atoms with Gasteiger partial charge in [-0.3, -0.25) is 33.6 Å². The topological polar surface area (TPSA) is 279 Å². The van der Waals surface area contributed by atoms with Crippen LogP contribution in [-0.2, 0) is 60.7 Å². The maximum atomic E-state index is 14.5. The van der Waals surface area contributed by atoms with Crippen LogP contribution in [0, 0.1) is 23.7 Å². The van der Waals surface area contributed by atoms with Crippen molar-refractivity contribution >= 4 is 53.3 Å². The molecule has 0 radical (unpaired) electrons. The molecule has 1 heterocycles. The number of nitrogens with one attached hydrogen (secondary N) is 6. The second-order valence-corrected chi connectivity index (χ2v) is 18.5. The van der Waals surface area contributed by atoms with Crippen LogP contribution in [0.1, 0.15) is 78.9 Å². The van der Waals surface area contributed by atoms with E-state index < -0.39 is 120 Å². The molecule has 3 rings (SSSR count). The second kappa shape index (κ2) is 27.9. The Hall–Kier alpha value is -7.15. The fourth-order valence-corrected chi connectivity index (χ4v) is 7.74. The summed E-state index contributed by atoms with van der Waals surface area (Å²) in [6.45, 7) is 15.0. The van der Waals surface area contributed by atoms with E-state index in [2.05, 4.69) is 38.5 Å². The molecule has 0 aromatic heterocycles. The molecule has 19 nitrogen and oxygen atoms in total. The lowest BCUT2D eigenvalue weighted by molar-refractivity contribution is -0.146. The summed E-state index contributed by atoms with van der Waals surface area (Å²) in [6.07, 6.45) is 4.66. The van der Waals surface area contributed by atoms with Gasteiger partial charge in [0.05, 0.1) is 24.0 Å². The predicted molar refractivity (Wildman–Crippen MR) is 265 cm³/mol. The van der Waals surface area contributed by atoms with Crippen LogP contribution in [0.4, 0.5) is 0 Å². The summed E-state index contributed by atoms with van der Waals surface area (Å²) < 4.78 is 5.83. The molecule has 0 bridgehead atoms. The maximum absolute atomic E-state index is 14.5. The zero-order chi connectivity index (χ0) is 53.1. The molecule has 1 aliphatic heterocycles. The first-order valence-corrected chi connectivity index (χ1v) is 23.6. The molecule has 0 aliphatic carbocycles. The summed E-state index contributed by atoms with van der Waals surface area (Å²) in [6, 6.07) is 9.78. The van der Waals surface area contributed by atoms with Crippen molar-refractivity contribution in [2.24, 2.45) is 23.7 Å². The van der Waals surface area contributed by atoms with E-state index in [9.17, 15) is 53.4 Å². The summed E-state index contributed by atoms with van der Waals surface area (Å²) in [4.78, 5) is 122. The van der Waals surface area contributed by atoms with Crippen LogP contribution in [0.5, 0.6) is 0 Å². The highest BCUT2D eigenvalue weighted by atomic mass is 16.5. The number of allylic oxidation sites excluding steroid dienone is 2. The molecule has 1 fully saturated rings. The quantitative estimate of drug-likeness (QED) is 0.106. The summed E-state index contributed by atoms with van der Waals surface area (Å²) in [5, 5.41) is 35.8. The molecule has 71 heavy (non-hydrogen) atoms. The van der Waals surface area contributed by atoms with E-state index in [0.717, 1.165) is 16.0 Å². The standard InChI is InChI=1S/C52H71N7O12/c1-29(2)25-40-50(66)58-44(52(69)70)33(6)46(62)56-41(27-36-17-13-11-14-18-36)49(65)54-38(22-21-30(3)26-31(4)42(71-10)28-37-19-15-12-16-20-37)32(5)45(61)55-39(51(67)68)23-24-43(60)59(9)35(8)48(64)53-34(7)47(63)57-40/h11-22,26,29,31-34,38-42,44H,8,23-25,27-28H2,1-7,9-10H3,(H,53,64)(H,54,65)(H,55,61)(H,56,62)(H,57,63)(H,58,66)(H,67,68)(H,69,70)/t31-,32-,33-,34-,38-,39+,40-,41-,42-,44+/m0/s1. The Bertz CT molecular complexity index is 2290. The minimum absolute atomic E-state index is 0.0213. The molecule has 2 aromatic carbocycles. The average Bonchev–Trinajstić information content (AvgIpc) is 3.32. The van der Waals surface area contributed by atoms with Gasteiger partial charge >= 0.3 is 11.9 Å². The van der Waals surface area contributed by atoms with Crippen molar-refractivity contribution in [3.05, 3.63) is 108 Å². The lowest BCUT2D eigenvalue weighted by atomic mass is 9.94. The molecule has 1 aliphatic rings. The van der Waals surface area contributed by atoms with Crippen molar-refractivity contribution in [1.82, 2.24) is 36.8 Å². The van der Waals surface area contributed by atoms with Crippen LogP contribution < -0.4 is 31.9 Å². The lowest BCUT2D eigenvalue weighted by Crippen LogP contribution is -2.59. The number of likely N-dealkylation sites (N-methyl/N-ethyl adjacent to an activating group) is 1. The van der Waals surface area contributed by atoms with E-state index in [1.807, 2.05) is 50.3 Å². The predicted octanol–water partition coefficient (Wildman–Crippen LogP) is 2.81. The number of carbonyl (C=O) groups is 9. The fraction of sp³-hybridized carbons (Fsp3) is 0.481. The zero-order valence-corrected chi connectivity index (χ0v) is 42.0. The first-order valence-electron chi connectivity index (χ1n) is 23.6. The number of carboxylic acids is 2. The number of ether oxygens (including phenoxy) is 1. The number of amides is 7. The Morgan fingerprint density at radius 1 is 0.746 bits per heavy atom. The first kappa shape index (κ1) is 58.2. The number of carbonyl (C=O) groups excluding carboxylic acids is 7. The number of carboxylic acid groups (broad SMARTS) is 2. The van der Waals surface area contributed by atoms with Gasteiger partial charge in [-0.2, -0.15) is 0 Å². The van der Waals surface area contributed by atoms with Gasteiger partial charge in [0.15, 0.2) is 0 Å². The number of hydrogen-bond acceptors (Lipinski definition) is 10. The number of benzene rings is 2. The molecular weight excluding hydrogens is 915 g/mol. The third-order valence-corrected chi connectivity index (χ3v) is 12.3. The largest absolute Gasteiger partial charge is 0.480 e. The summed E-state index contributed by atoms with van der Waals surface area (Å²) in [5.74, 6) is -12.1. The van der Waals surface area contributed by atoms with E-state index in [-0.39, 0.29) is 30.8 Å². The maximum Gasteiger partial charge on any atom is 0.327 e. The third-order valence-electron chi connectivity index (χ3n) is 12.3. The summed E-state index contributed by atoms with van der Waals surface area (Å²) >= 11 is 0. The van der Waals surface area contributed by atoms with Crippen molar-refractivity contribution in [2.45, 2.75) is 123 Å². The number of methoxy groups -OCH3 is 1. The number of aliphatic carboxylic acids is 2. The van der Waals surface area contributed by atoms with Gasteiger partial charge in [0, 0.05) is 32.9 Å². The molecule has 1 saturated heterocycles. The first-order chi connectivity index (χ1) is 33.4. The van der Waals surface area contributed by atoms with Crippen molar-refractivity contribution in [1.29, 1.82) is 0 Å². The molecule has 8 N–H and O–H groups in total. The van der Waals surface area contributed by atoms with Gasteiger partial charge in [-0.1, -0.05) is 126 Å². The molecule has 0 unspecified atom stereocenters. The molecule has 10 atom stereocenters. The Morgan fingerprint density at radius 3 is 1.87 bits per heavy atom. The van der Waals surface area contributed by atoms with Gasteiger partial charge in [-0.25, -0.2) is 9.59 Å². The van der Waals surface area contributed by atoms with E-state index in [1.54, 1.807) is 63.4 Å². The zero-order valence-electron chi connectivity index (χ0n) is 42.0.